The molecule has 3 rings (SSSR count). The van der Waals surface area contributed by atoms with Gasteiger partial charge in [-0.25, -0.2) is 0 Å². The fraction of sp³-hybridized carbons (Fsp3) is 0.429. The molecule has 0 aliphatic carbocycles. The number of halogens is 1. The Morgan fingerprint density at radius 1 is 1.31 bits per heavy atom. The Labute approximate surface area is 183 Å². The number of likely N-dealkylation sites (tertiary alicyclic amines) is 1. The van der Waals surface area contributed by atoms with E-state index in [0.717, 1.165) is 31.8 Å². The molecule has 29 heavy (non-hydrogen) atoms. The van der Waals surface area contributed by atoms with Crippen LogP contribution in [0.3, 0.4) is 0 Å². The molecule has 0 spiro atoms. The second kappa shape index (κ2) is 10.3. The number of hydrogen-bond donors (Lipinski definition) is 1. The Morgan fingerprint density at radius 3 is 2.69 bits per heavy atom. The third kappa shape index (κ3) is 6.44. The van der Waals surface area contributed by atoms with E-state index in [9.17, 15) is 8.76 Å². The van der Waals surface area contributed by atoms with Crippen LogP contribution in [-0.2, 0) is 28.7 Å². The highest BCUT2D eigenvalue weighted by molar-refractivity contribution is 7.89. The highest BCUT2D eigenvalue weighted by Gasteiger charge is 2.28. The molecule has 1 unspecified atom stereocenters. The summed E-state index contributed by atoms with van der Waals surface area (Å²) in [7, 11) is -1.14. The number of hydrogen-bond acceptors (Lipinski definition) is 5. The first-order valence-electron chi connectivity index (χ1n) is 9.60. The molecule has 0 bridgehead atoms. The van der Waals surface area contributed by atoms with E-state index in [1.54, 1.807) is 24.5 Å². The lowest BCUT2D eigenvalue weighted by Crippen LogP contribution is -2.37. The molecule has 158 valence electrons. The van der Waals surface area contributed by atoms with Crippen molar-refractivity contribution < 1.29 is 13.5 Å². The zero-order valence-corrected chi connectivity index (χ0v) is 19.3. The number of rotatable bonds is 8. The predicted octanol–water partition coefficient (Wildman–Crippen LogP) is 3.75. The lowest BCUT2D eigenvalue weighted by Gasteiger charge is -2.19. The second-order valence-corrected chi connectivity index (χ2v) is 10.5. The molecule has 0 aromatic heterocycles. The van der Waals surface area contributed by atoms with Crippen LogP contribution in [0.5, 0.6) is 5.75 Å². The molecule has 2 aromatic rings. The Kier molecular flexibility index (Phi) is 8.01. The lowest BCUT2D eigenvalue weighted by atomic mass is 10.2. The molecule has 1 aliphatic rings. The average molecular weight is 455 g/mol. The maximum absolute atomic E-state index is 12.8. The van der Waals surface area contributed by atoms with Crippen molar-refractivity contribution in [3.8, 4) is 5.75 Å². The number of nitrogens with one attached hydrogen (secondary N) is 1. The van der Waals surface area contributed by atoms with Crippen LogP contribution in [0.15, 0.2) is 52.3 Å². The van der Waals surface area contributed by atoms with Crippen LogP contribution in [0.25, 0.3) is 0 Å². The van der Waals surface area contributed by atoms with Gasteiger partial charge in [-0.15, -0.1) is 4.72 Å². The largest absolute Gasteiger partial charge is 0.593 e. The Morgan fingerprint density at radius 2 is 2.03 bits per heavy atom. The molecule has 1 saturated heterocycles. The summed E-state index contributed by atoms with van der Waals surface area (Å²) in [6, 6.07) is 13.3. The average Bonchev–Trinajstić information content (AvgIpc) is 3.09. The van der Waals surface area contributed by atoms with Crippen LogP contribution in [0.1, 0.15) is 25.8 Å². The molecule has 1 aliphatic heterocycles. The van der Waals surface area contributed by atoms with E-state index in [0.29, 0.717) is 14.8 Å². The van der Waals surface area contributed by atoms with Gasteiger partial charge in [0.05, 0.1) is 28.5 Å². The summed E-state index contributed by atoms with van der Waals surface area (Å²) in [4.78, 5) is 3.45. The van der Waals surface area contributed by atoms with Crippen LogP contribution in [-0.4, -0.2) is 45.2 Å². The summed E-state index contributed by atoms with van der Waals surface area (Å²) in [6.45, 7) is 6.62. The van der Waals surface area contributed by atoms with Crippen molar-refractivity contribution in [3.63, 3.8) is 0 Å². The molecular weight excluding hydrogens is 428 g/mol. The van der Waals surface area contributed by atoms with Crippen molar-refractivity contribution in [2.24, 2.45) is 0 Å². The number of ether oxygens (including phenoxy) is 1. The van der Waals surface area contributed by atoms with E-state index in [-0.39, 0.29) is 12.1 Å². The van der Waals surface area contributed by atoms with Gasteiger partial charge in [0.2, 0.25) is 0 Å². The van der Waals surface area contributed by atoms with Crippen molar-refractivity contribution in [1.29, 1.82) is 0 Å². The zero-order chi connectivity index (χ0) is 21.0. The maximum atomic E-state index is 12.8. The number of nitrogens with zero attached hydrogens (tertiary/aromatic N) is 1. The molecule has 3 atom stereocenters. The quantitative estimate of drug-likeness (QED) is 0.615. The van der Waals surface area contributed by atoms with Crippen molar-refractivity contribution in [1.82, 2.24) is 9.62 Å². The fourth-order valence-electron chi connectivity index (χ4n) is 3.30. The predicted molar refractivity (Wildman–Crippen MR) is 119 cm³/mol. The van der Waals surface area contributed by atoms with E-state index in [1.807, 2.05) is 26.0 Å². The molecule has 0 amide bonds. The van der Waals surface area contributed by atoms with Crippen LogP contribution >= 0.6 is 11.6 Å². The molecule has 8 heteroatoms. The van der Waals surface area contributed by atoms with Crippen molar-refractivity contribution in [2.45, 2.75) is 48.7 Å². The fourth-order valence-corrected chi connectivity index (χ4v) is 5.34. The first kappa shape index (κ1) is 22.6. The van der Waals surface area contributed by atoms with Gasteiger partial charge in [-0.3, -0.25) is 9.11 Å². The first-order chi connectivity index (χ1) is 13.8. The van der Waals surface area contributed by atoms with Gasteiger partial charge in [0.1, 0.15) is 5.75 Å². The third-order valence-corrected chi connectivity index (χ3v) is 7.33. The number of benzene rings is 2. The van der Waals surface area contributed by atoms with Crippen LogP contribution < -0.4 is 9.46 Å². The molecule has 5 nitrogen and oxygen atoms in total. The maximum Gasteiger partial charge on any atom is 0.193 e. The summed E-state index contributed by atoms with van der Waals surface area (Å²) in [5, 5.41) is 0.420. The summed E-state index contributed by atoms with van der Waals surface area (Å²) >= 11 is 4.77. The SMILES string of the molecule is CC(C)Oc1ccc(CN2CC[C@@H](N[S+]([O-])c3cc([S@](C)=O)ccc3Cl)C2)cc1. The van der Waals surface area contributed by atoms with E-state index in [4.69, 9.17) is 16.3 Å². The zero-order valence-electron chi connectivity index (χ0n) is 16.9. The monoisotopic (exact) mass is 454 g/mol. The standard InChI is InChI=1S/C21H27ClN2O3S2/c1-15(2)27-18-6-4-16(5-7-18)13-24-11-10-17(14-24)23-29(26)21-12-19(28(3)25)8-9-20(21)22/h4-9,12,15,17,23H,10-11,13-14H2,1-3H3/t17-,28+,29?/m1/s1. The van der Waals surface area contributed by atoms with Gasteiger partial charge < -0.3 is 9.29 Å². The van der Waals surface area contributed by atoms with Crippen LogP contribution in [0.4, 0.5) is 0 Å². The van der Waals surface area contributed by atoms with Gasteiger partial charge in [-0.1, -0.05) is 23.7 Å². The highest BCUT2D eigenvalue weighted by Crippen LogP contribution is 2.25. The van der Waals surface area contributed by atoms with Gasteiger partial charge in [0.15, 0.2) is 4.90 Å². The van der Waals surface area contributed by atoms with Crippen LogP contribution in [0.2, 0.25) is 5.02 Å². The van der Waals surface area contributed by atoms with E-state index in [2.05, 4.69) is 21.8 Å². The molecule has 0 saturated carbocycles. The molecular formula is C21H27ClN2O3S2. The molecule has 1 N–H and O–H groups in total. The third-order valence-electron chi connectivity index (χ3n) is 4.68. The first-order valence-corrected chi connectivity index (χ1v) is 12.7. The molecule has 0 radical (unpaired) electrons. The van der Waals surface area contributed by atoms with Crippen LogP contribution in [0, 0.1) is 0 Å². The summed E-state index contributed by atoms with van der Waals surface area (Å²) in [5.41, 5.74) is 1.23. The second-order valence-electron chi connectivity index (χ2n) is 7.46. The molecule has 1 heterocycles. The van der Waals surface area contributed by atoms with Gasteiger partial charge in [0.25, 0.3) is 0 Å². The van der Waals surface area contributed by atoms with Gasteiger partial charge in [-0.05, 0) is 50.1 Å². The summed E-state index contributed by atoms with van der Waals surface area (Å²) in [5.74, 6) is 0.882. The van der Waals surface area contributed by atoms with E-state index in [1.165, 1.54) is 5.56 Å². The summed E-state index contributed by atoms with van der Waals surface area (Å²) < 4.78 is 33.3. The molecule has 2 aromatic carbocycles. The minimum Gasteiger partial charge on any atom is -0.593 e. The van der Waals surface area contributed by atoms with Crippen molar-refractivity contribution >= 4 is 33.8 Å². The van der Waals surface area contributed by atoms with E-state index < -0.39 is 22.2 Å². The highest BCUT2D eigenvalue weighted by atomic mass is 35.5. The van der Waals surface area contributed by atoms with Gasteiger partial charge >= 0.3 is 0 Å². The topological polar surface area (TPSA) is 64.6 Å². The normalized spacial score (nSPS) is 19.4. The lowest BCUT2D eigenvalue weighted by molar-refractivity contribution is 0.242. The smallest absolute Gasteiger partial charge is 0.193 e. The van der Waals surface area contributed by atoms with Gasteiger partial charge in [-0.2, -0.15) is 0 Å². The minimum atomic E-state index is -1.44. The van der Waals surface area contributed by atoms with Gasteiger partial charge in [0, 0.05) is 47.7 Å². The summed E-state index contributed by atoms with van der Waals surface area (Å²) in [6.07, 6.45) is 2.68. The molecule has 1 fully saturated rings. The van der Waals surface area contributed by atoms with Crippen molar-refractivity contribution in [2.75, 3.05) is 19.3 Å². The Hall–Kier alpha value is -1.09. The minimum absolute atomic E-state index is 0.117. The van der Waals surface area contributed by atoms with E-state index >= 15 is 0 Å². The Bertz CT molecular complexity index is 848. The van der Waals surface area contributed by atoms with Crippen molar-refractivity contribution in [3.05, 3.63) is 53.1 Å². The Balaban J connectivity index is 1.54.